The van der Waals surface area contributed by atoms with Crippen molar-refractivity contribution in [3.8, 4) is 0 Å². The Bertz CT molecular complexity index is 557. The molecule has 1 aromatic rings. The largest absolute Gasteiger partial charge is 0.293 e. The maximum atomic E-state index is 11.9. The van der Waals surface area contributed by atoms with Gasteiger partial charge >= 0.3 is 0 Å². The third-order valence-electron chi connectivity index (χ3n) is 2.43. The molecule has 1 aliphatic rings. The lowest BCUT2D eigenvalue weighted by molar-refractivity contribution is -0.122. The summed E-state index contributed by atoms with van der Waals surface area (Å²) in [6, 6.07) is 5.05. The lowest BCUT2D eigenvalue weighted by atomic mass is 10.2. The van der Waals surface area contributed by atoms with Crippen LogP contribution >= 0.6 is 35.0 Å². The summed E-state index contributed by atoms with van der Waals surface area (Å²) in [5.74, 6) is -0.265. The second-order valence-electron chi connectivity index (χ2n) is 3.60. The number of imide groups is 1. The number of hydrogen-bond donors (Lipinski definition) is 0. The Balaban J connectivity index is 2.32. The summed E-state index contributed by atoms with van der Waals surface area (Å²) in [4.78, 5) is 25.0. The molecule has 0 saturated carbocycles. The summed E-state index contributed by atoms with van der Waals surface area (Å²) >= 11 is 12.6. The number of carbonyl (C=O) groups excluding carboxylic acids is 2. The number of likely N-dealkylation sites (N-methyl/N-ethyl adjacent to an activating group) is 1. The van der Waals surface area contributed by atoms with Crippen molar-refractivity contribution in [2.45, 2.75) is 6.92 Å². The highest BCUT2D eigenvalue weighted by atomic mass is 35.5. The van der Waals surface area contributed by atoms with Crippen molar-refractivity contribution in [3.05, 3.63) is 38.7 Å². The van der Waals surface area contributed by atoms with Gasteiger partial charge in [-0.05, 0) is 42.5 Å². The first-order valence-electron chi connectivity index (χ1n) is 5.23. The number of nitrogens with zero attached hydrogens (tertiary/aromatic N) is 1. The van der Waals surface area contributed by atoms with E-state index in [1.807, 2.05) is 0 Å². The van der Waals surface area contributed by atoms with Crippen molar-refractivity contribution in [3.63, 3.8) is 0 Å². The van der Waals surface area contributed by atoms with Gasteiger partial charge in [-0.3, -0.25) is 14.5 Å². The van der Waals surface area contributed by atoms with Crippen LogP contribution < -0.4 is 0 Å². The molecule has 1 aromatic carbocycles. The number of hydrogen-bond acceptors (Lipinski definition) is 3. The molecule has 3 nitrogen and oxygen atoms in total. The normalized spacial score (nSPS) is 17.9. The summed E-state index contributed by atoms with van der Waals surface area (Å²) in [5.41, 5.74) is 0.742. The van der Waals surface area contributed by atoms with E-state index in [0.717, 1.165) is 17.3 Å². The van der Waals surface area contributed by atoms with Crippen LogP contribution in [0.5, 0.6) is 0 Å². The second kappa shape index (κ2) is 5.34. The SMILES string of the molecule is CCN1C(=O)S/C(=C/c2ccc(Cl)c(Cl)c2)C1=O. The topological polar surface area (TPSA) is 37.4 Å². The lowest BCUT2D eigenvalue weighted by Gasteiger charge is -2.07. The molecule has 0 spiro atoms. The molecule has 1 fully saturated rings. The highest BCUT2D eigenvalue weighted by Crippen LogP contribution is 2.32. The summed E-state index contributed by atoms with van der Waals surface area (Å²) in [6.45, 7) is 2.14. The van der Waals surface area contributed by atoms with E-state index in [0.29, 0.717) is 21.5 Å². The number of benzene rings is 1. The van der Waals surface area contributed by atoms with Gasteiger partial charge in [-0.15, -0.1) is 0 Å². The van der Waals surface area contributed by atoms with E-state index in [4.69, 9.17) is 23.2 Å². The molecule has 1 aliphatic heterocycles. The van der Waals surface area contributed by atoms with Crippen molar-refractivity contribution in [1.82, 2.24) is 4.90 Å². The maximum Gasteiger partial charge on any atom is 0.293 e. The summed E-state index contributed by atoms with van der Waals surface area (Å²) in [5, 5.41) is 0.629. The molecule has 1 heterocycles. The van der Waals surface area contributed by atoms with Gasteiger partial charge < -0.3 is 0 Å². The minimum absolute atomic E-state index is 0.242. The van der Waals surface area contributed by atoms with Crippen LogP contribution in [-0.4, -0.2) is 22.6 Å². The van der Waals surface area contributed by atoms with Gasteiger partial charge in [-0.1, -0.05) is 29.3 Å². The number of rotatable bonds is 2. The number of halogens is 2. The number of carbonyl (C=O) groups is 2. The monoisotopic (exact) mass is 301 g/mol. The second-order valence-corrected chi connectivity index (χ2v) is 5.41. The highest BCUT2D eigenvalue weighted by molar-refractivity contribution is 8.18. The van der Waals surface area contributed by atoms with E-state index < -0.39 is 0 Å². The first-order valence-corrected chi connectivity index (χ1v) is 6.80. The fourth-order valence-corrected chi connectivity index (χ4v) is 2.74. The van der Waals surface area contributed by atoms with Crippen molar-refractivity contribution >= 4 is 52.2 Å². The highest BCUT2D eigenvalue weighted by Gasteiger charge is 2.33. The average Bonchev–Trinajstić information content (AvgIpc) is 2.59. The van der Waals surface area contributed by atoms with Crippen LogP contribution in [-0.2, 0) is 4.79 Å². The molecule has 0 N–H and O–H groups in total. The zero-order valence-electron chi connectivity index (χ0n) is 9.44. The lowest BCUT2D eigenvalue weighted by Crippen LogP contribution is -2.27. The molecule has 18 heavy (non-hydrogen) atoms. The van der Waals surface area contributed by atoms with Crippen molar-refractivity contribution in [2.24, 2.45) is 0 Å². The van der Waals surface area contributed by atoms with Gasteiger partial charge in [0.25, 0.3) is 11.1 Å². The van der Waals surface area contributed by atoms with E-state index in [-0.39, 0.29) is 11.1 Å². The van der Waals surface area contributed by atoms with Gasteiger partial charge in [0.1, 0.15) is 0 Å². The van der Waals surface area contributed by atoms with E-state index in [2.05, 4.69) is 0 Å². The van der Waals surface area contributed by atoms with Crippen molar-refractivity contribution < 1.29 is 9.59 Å². The van der Waals surface area contributed by atoms with Gasteiger partial charge in [0, 0.05) is 6.54 Å². The third-order valence-corrected chi connectivity index (χ3v) is 4.08. The van der Waals surface area contributed by atoms with Gasteiger partial charge in [0.05, 0.1) is 15.0 Å². The van der Waals surface area contributed by atoms with Crippen LogP contribution in [0.1, 0.15) is 12.5 Å². The molecule has 2 amide bonds. The minimum Gasteiger partial charge on any atom is -0.269 e. The van der Waals surface area contributed by atoms with Crippen LogP contribution in [0.25, 0.3) is 6.08 Å². The Morgan fingerprint density at radius 2 is 2.00 bits per heavy atom. The third kappa shape index (κ3) is 2.55. The molecule has 94 valence electrons. The Morgan fingerprint density at radius 3 is 2.56 bits per heavy atom. The van der Waals surface area contributed by atoms with Gasteiger partial charge in [0.15, 0.2) is 0 Å². The van der Waals surface area contributed by atoms with Gasteiger partial charge in [-0.2, -0.15) is 0 Å². The van der Waals surface area contributed by atoms with Crippen LogP contribution in [0.4, 0.5) is 4.79 Å². The molecule has 0 aromatic heterocycles. The van der Waals surface area contributed by atoms with Gasteiger partial charge in [-0.25, -0.2) is 0 Å². The molecule has 2 rings (SSSR count). The average molecular weight is 302 g/mol. The molecule has 0 bridgehead atoms. The molecule has 1 saturated heterocycles. The Morgan fingerprint density at radius 1 is 1.28 bits per heavy atom. The summed E-state index contributed by atoms with van der Waals surface area (Å²) < 4.78 is 0. The Labute approximate surface area is 119 Å². The van der Waals surface area contributed by atoms with E-state index in [1.54, 1.807) is 31.2 Å². The molecule has 6 heteroatoms. The minimum atomic E-state index is -0.265. The summed E-state index contributed by atoms with van der Waals surface area (Å²) in [7, 11) is 0. The standard InChI is InChI=1S/C12H9Cl2NO2S/c1-2-15-11(16)10(18-12(15)17)6-7-3-4-8(13)9(14)5-7/h3-6H,2H2,1H3/b10-6+. The van der Waals surface area contributed by atoms with Crippen molar-refractivity contribution in [2.75, 3.05) is 6.54 Å². The Kier molecular flexibility index (Phi) is 4.00. The molecule has 0 aliphatic carbocycles. The van der Waals surface area contributed by atoms with Gasteiger partial charge in [0.2, 0.25) is 0 Å². The molecule has 0 atom stereocenters. The zero-order chi connectivity index (χ0) is 13.3. The Hall–Kier alpha value is -0.970. The number of thioether (sulfide) groups is 1. The first kappa shape index (κ1) is 13.5. The van der Waals surface area contributed by atoms with Crippen LogP contribution in [0.15, 0.2) is 23.1 Å². The molecular weight excluding hydrogens is 293 g/mol. The zero-order valence-corrected chi connectivity index (χ0v) is 11.8. The fourth-order valence-electron chi connectivity index (χ4n) is 1.53. The predicted molar refractivity (Wildman–Crippen MR) is 74.8 cm³/mol. The van der Waals surface area contributed by atoms with Crippen LogP contribution in [0.2, 0.25) is 10.0 Å². The molecule has 0 radical (unpaired) electrons. The smallest absolute Gasteiger partial charge is 0.269 e. The summed E-state index contributed by atoms with van der Waals surface area (Å²) in [6.07, 6.45) is 1.64. The fraction of sp³-hybridized carbons (Fsp3) is 0.167. The van der Waals surface area contributed by atoms with Crippen molar-refractivity contribution in [1.29, 1.82) is 0 Å². The van der Waals surface area contributed by atoms with Crippen LogP contribution in [0.3, 0.4) is 0 Å². The molecule has 0 unspecified atom stereocenters. The van der Waals surface area contributed by atoms with E-state index in [1.165, 1.54) is 4.90 Å². The molecular formula is C12H9Cl2NO2S. The van der Waals surface area contributed by atoms with E-state index >= 15 is 0 Å². The number of amides is 2. The maximum absolute atomic E-state index is 11.9. The first-order chi connectivity index (χ1) is 8.52. The quantitative estimate of drug-likeness (QED) is 0.773. The predicted octanol–water partition coefficient (Wildman–Crippen LogP) is 4.05. The van der Waals surface area contributed by atoms with E-state index in [9.17, 15) is 9.59 Å². The van der Waals surface area contributed by atoms with Crippen LogP contribution in [0, 0.1) is 0 Å².